The zero-order valence-corrected chi connectivity index (χ0v) is 14.9. The third kappa shape index (κ3) is 3.96. The highest BCUT2D eigenvalue weighted by Crippen LogP contribution is 2.30. The Balaban J connectivity index is 1.39. The van der Waals surface area contributed by atoms with Crippen LogP contribution in [0.15, 0.2) is 42.6 Å². The number of hydrogen-bond acceptors (Lipinski definition) is 4. The Labute approximate surface area is 149 Å². The van der Waals surface area contributed by atoms with Crippen LogP contribution in [0.5, 0.6) is 11.6 Å². The third-order valence-corrected chi connectivity index (χ3v) is 5.01. The van der Waals surface area contributed by atoms with Crippen LogP contribution in [0.4, 0.5) is 0 Å². The lowest BCUT2D eigenvalue weighted by Crippen LogP contribution is -2.42. The van der Waals surface area contributed by atoms with Crippen molar-refractivity contribution in [1.29, 1.82) is 0 Å². The van der Waals surface area contributed by atoms with Crippen molar-refractivity contribution in [2.45, 2.75) is 63.8 Å². The van der Waals surface area contributed by atoms with Gasteiger partial charge in [-0.25, -0.2) is 4.98 Å². The summed E-state index contributed by atoms with van der Waals surface area (Å²) in [4.78, 5) is 4.52. The van der Waals surface area contributed by atoms with Crippen molar-refractivity contribution in [3.8, 4) is 22.8 Å². The molecule has 4 heteroatoms. The van der Waals surface area contributed by atoms with Crippen molar-refractivity contribution in [2.75, 3.05) is 0 Å². The molecule has 4 nitrogen and oxygen atoms in total. The molecule has 2 aliphatic rings. The molecule has 2 saturated heterocycles. The van der Waals surface area contributed by atoms with Gasteiger partial charge < -0.3 is 14.8 Å². The summed E-state index contributed by atoms with van der Waals surface area (Å²) in [5, 5.41) is 3.64. The molecule has 0 radical (unpaired) electrons. The van der Waals surface area contributed by atoms with Gasteiger partial charge >= 0.3 is 0 Å². The van der Waals surface area contributed by atoms with Crippen LogP contribution in [0.25, 0.3) is 11.1 Å². The Hall–Kier alpha value is -2.07. The summed E-state index contributed by atoms with van der Waals surface area (Å²) < 4.78 is 11.8. The van der Waals surface area contributed by atoms with Crippen LogP contribution in [0.1, 0.15) is 39.5 Å². The van der Waals surface area contributed by atoms with Crippen molar-refractivity contribution >= 4 is 0 Å². The van der Waals surface area contributed by atoms with Crippen LogP contribution in [0.3, 0.4) is 0 Å². The van der Waals surface area contributed by atoms with E-state index in [0.717, 1.165) is 35.6 Å². The van der Waals surface area contributed by atoms with Crippen LogP contribution in [0, 0.1) is 0 Å². The van der Waals surface area contributed by atoms with Gasteiger partial charge in [0.05, 0.1) is 6.10 Å². The van der Waals surface area contributed by atoms with Crippen molar-refractivity contribution in [3.05, 3.63) is 42.6 Å². The van der Waals surface area contributed by atoms with Gasteiger partial charge in [0.2, 0.25) is 5.88 Å². The lowest BCUT2D eigenvalue weighted by molar-refractivity contribution is 0.132. The Kier molecular flexibility index (Phi) is 4.62. The molecule has 0 unspecified atom stereocenters. The summed E-state index contributed by atoms with van der Waals surface area (Å²) in [6.07, 6.45) is 7.14. The van der Waals surface area contributed by atoms with Gasteiger partial charge in [0, 0.05) is 29.9 Å². The maximum Gasteiger partial charge on any atom is 0.213 e. The number of aromatic nitrogens is 1. The summed E-state index contributed by atoms with van der Waals surface area (Å²) in [6.45, 7) is 4.06. The van der Waals surface area contributed by atoms with Crippen LogP contribution in [0.2, 0.25) is 0 Å². The van der Waals surface area contributed by atoms with Crippen LogP contribution in [-0.4, -0.2) is 29.3 Å². The summed E-state index contributed by atoms with van der Waals surface area (Å²) in [6, 6.07) is 13.5. The first kappa shape index (κ1) is 16.4. The molecule has 1 aromatic carbocycles. The fourth-order valence-electron chi connectivity index (χ4n) is 3.89. The van der Waals surface area contributed by atoms with Crippen molar-refractivity contribution in [3.63, 3.8) is 0 Å². The zero-order valence-electron chi connectivity index (χ0n) is 14.9. The summed E-state index contributed by atoms with van der Waals surface area (Å²) in [5.74, 6) is 1.63. The highest BCUT2D eigenvalue weighted by molar-refractivity contribution is 5.63. The molecule has 2 fully saturated rings. The maximum atomic E-state index is 6.12. The Bertz CT molecular complexity index is 685. The highest BCUT2D eigenvalue weighted by Gasteiger charge is 2.34. The number of pyridine rings is 1. The van der Waals surface area contributed by atoms with Crippen molar-refractivity contribution < 1.29 is 9.47 Å². The topological polar surface area (TPSA) is 43.4 Å². The van der Waals surface area contributed by atoms with E-state index in [9.17, 15) is 0 Å². The fourth-order valence-corrected chi connectivity index (χ4v) is 3.89. The molecule has 132 valence electrons. The first-order chi connectivity index (χ1) is 12.2. The van der Waals surface area contributed by atoms with E-state index >= 15 is 0 Å². The van der Waals surface area contributed by atoms with Gasteiger partial charge in [-0.2, -0.15) is 0 Å². The van der Waals surface area contributed by atoms with Gasteiger partial charge in [-0.15, -0.1) is 0 Å². The minimum atomic E-state index is 0.189. The third-order valence-electron chi connectivity index (χ3n) is 5.01. The average Bonchev–Trinajstić information content (AvgIpc) is 2.94. The minimum absolute atomic E-state index is 0.189. The van der Waals surface area contributed by atoms with Gasteiger partial charge in [0.15, 0.2) is 0 Å². The second-order valence-electron chi connectivity index (χ2n) is 7.43. The lowest BCUT2D eigenvalue weighted by atomic mass is 10.0. The molecule has 0 spiro atoms. The van der Waals surface area contributed by atoms with Crippen molar-refractivity contribution in [1.82, 2.24) is 10.3 Å². The molecular formula is C21H26N2O2. The second-order valence-corrected chi connectivity index (χ2v) is 7.43. The van der Waals surface area contributed by atoms with Gasteiger partial charge in [0.1, 0.15) is 11.9 Å². The van der Waals surface area contributed by atoms with Gasteiger partial charge in [0.25, 0.3) is 0 Å². The molecule has 2 aliphatic heterocycles. The predicted octanol–water partition coefficient (Wildman–Crippen LogP) is 4.20. The summed E-state index contributed by atoms with van der Waals surface area (Å²) in [7, 11) is 0. The molecule has 2 bridgehead atoms. The standard InChI is InChI=1S/C21H26N2O2/c1-14(2)24-19-8-3-15(4-9-19)16-5-10-21(22-13-16)25-20-11-17-6-7-18(12-20)23-17/h3-5,8-10,13-14,17-18,20,23H,6-7,11-12H2,1-2H3/t17-,18+,20-. The molecule has 1 N–H and O–H groups in total. The first-order valence-electron chi connectivity index (χ1n) is 9.31. The lowest BCUT2D eigenvalue weighted by Gasteiger charge is -2.29. The normalized spacial score (nSPS) is 25.2. The number of fused-ring (bicyclic) bond motifs is 2. The van der Waals surface area contributed by atoms with Crippen LogP contribution in [-0.2, 0) is 0 Å². The monoisotopic (exact) mass is 338 g/mol. The number of piperidine rings is 1. The van der Waals surface area contributed by atoms with Crippen molar-refractivity contribution in [2.24, 2.45) is 0 Å². The number of nitrogens with zero attached hydrogens (tertiary/aromatic N) is 1. The molecule has 0 aliphatic carbocycles. The Morgan fingerprint density at radius 1 is 0.960 bits per heavy atom. The minimum Gasteiger partial charge on any atom is -0.491 e. The molecule has 0 amide bonds. The highest BCUT2D eigenvalue weighted by atomic mass is 16.5. The molecule has 1 aromatic heterocycles. The second kappa shape index (κ2) is 7.04. The van der Waals surface area contributed by atoms with E-state index in [0.29, 0.717) is 18.2 Å². The number of hydrogen-bond donors (Lipinski definition) is 1. The van der Waals surface area contributed by atoms with E-state index < -0.39 is 0 Å². The van der Waals surface area contributed by atoms with E-state index in [1.165, 1.54) is 12.8 Å². The SMILES string of the molecule is CC(C)Oc1ccc(-c2ccc(O[C@@H]3C[C@H]4CC[C@@H](C3)N4)nc2)cc1. The summed E-state index contributed by atoms with van der Waals surface area (Å²) >= 11 is 0. The largest absolute Gasteiger partial charge is 0.491 e. The van der Waals surface area contributed by atoms with E-state index in [1.54, 1.807) is 0 Å². The fraction of sp³-hybridized carbons (Fsp3) is 0.476. The quantitative estimate of drug-likeness (QED) is 0.887. The van der Waals surface area contributed by atoms with E-state index in [4.69, 9.17) is 9.47 Å². The zero-order chi connectivity index (χ0) is 17.2. The van der Waals surface area contributed by atoms with E-state index in [1.807, 2.05) is 38.2 Å². The van der Waals surface area contributed by atoms with Gasteiger partial charge in [-0.3, -0.25) is 0 Å². The molecular weight excluding hydrogens is 312 g/mol. The smallest absolute Gasteiger partial charge is 0.213 e. The van der Waals surface area contributed by atoms with Gasteiger partial charge in [-0.1, -0.05) is 12.1 Å². The molecule has 2 aromatic rings. The predicted molar refractivity (Wildman–Crippen MR) is 99.0 cm³/mol. The average molecular weight is 338 g/mol. The Morgan fingerprint density at radius 3 is 2.24 bits per heavy atom. The van der Waals surface area contributed by atoms with Gasteiger partial charge in [-0.05, 0) is 63.3 Å². The van der Waals surface area contributed by atoms with Crippen LogP contribution < -0.4 is 14.8 Å². The van der Waals surface area contributed by atoms with E-state index in [2.05, 4.69) is 28.5 Å². The summed E-state index contributed by atoms with van der Waals surface area (Å²) in [5.41, 5.74) is 2.23. The molecule has 3 heterocycles. The molecule has 25 heavy (non-hydrogen) atoms. The van der Waals surface area contributed by atoms with E-state index in [-0.39, 0.29) is 6.10 Å². The number of nitrogens with one attached hydrogen (secondary N) is 1. The molecule has 4 rings (SSSR count). The molecule has 3 atom stereocenters. The molecule has 0 saturated carbocycles. The number of benzene rings is 1. The first-order valence-corrected chi connectivity index (χ1v) is 9.31. The number of rotatable bonds is 5. The Morgan fingerprint density at radius 2 is 1.64 bits per heavy atom. The number of ether oxygens (including phenoxy) is 2. The maximum absolute atomic E-state index is 6.12. The van der Waals surface area contributed by atoms with Crippen LogP contribution >= 0.6 is 0 Å².